The molecular weight excluding hydrogens is 394 g/mol. The standard InChI is InChI=1S/C22H23N7O2/c1-15-12-17(31-27-15)13-21(30)28-10-6-16(7-11-28)25-22-23-8-5-18(26-22)19-14-24-20-4-2-3-9-29(19)20/h2-5,8-9,12,14,16H,6-7,10-11,13H2,1H3,(H,23,25,26). The van der Waals surface area contributed by atoms with Crippen molar-refractivity contribution in [1.82, 2.24) is 29.4 Å². The summed E-state index contributed by atoms with van der Waals surface area (Å²) in [6.07, 6.45) is 7.48. The number of carbonyl (C=O) groups is 1. The molecule has 158 valence electrons. The molecule has 1 saturated heterocycles. The van der Waals surface area contributed by atoms with Crippen molar-refractivity contribution in [2.75, 3.05) is 18.4 Å². The molecule has 5 rings (SSSR count). The lowest BCUT2D eigenvalue weighted by molar-refractivity contribution is -0.131. The molecule has 0 aromatic carbocycles. The number of anilines is 1. The summed E-state index contributed by atoms with van der Waals surface area (Å²) in [4.78, 5) is 27.9. The third-order valence-corrected chi connectivity index (χ3v) is 5.52. The highest BCUT2D eigenvalue weighted by atomic mass is 16.5. The normalized spacial score (nSPS) is 14.8. The van der Waals surface area contributed by atoms with Crippen LogP contribution in [0.3, 0.4) is 0 Å². The van der Waals surface area contributed by atoms with Crippen LogP contribution < -0.4 is 5.32 Å². The van der Waals surface area contributed by atoms with Crippen molar-refractivity contribution in [3.05, 3.63) is 60.4 Å². The Balaban J connectivity index is 1.21. The number of carbonyl (C=O) groups excluding carboxylic acids is 1. The van der Waals surface area contributed by atoms with Crippen LogP contribution in [0.2, 0.25) is 0 Å². The number of hydrogen-bond donors (Lipinski definition) is 1. The van der Waals surface area contributed by atoms with Gasteiger partial charge in [-0.05, 0) is 38.0 Å². The van der Waals surface area contributed by atoms with Crippen LogP contribution >= 0.6 is 0 Å². The maximum atomic E-state index is 12.5. The van der Waals surface area contributed by atoms with E-state index in [0.29, 0.717) is 24.8 Å². The molecule has 0 spiro atoms. The van der Waals surface area contributed by atoms with Crippen LogP contribution in [-0.2, 0) is 11.2 Å². The topological polar surface area (TPSA) is 101 Å². The zero-order chi connectivity index (χ0) is 21.2. The maximum Gasteiger partial charge on any atom is 0.230 e. The van der Waals surface area contributed by atoms with Crippen LogP contribution in [0.25, 0.3) is 17.0 Å². The van der Waals surface area contributed by atoms with Crippen molar-refractivity contribution in [1.29, 1.82) is 0 Å². The van der Waals surface area contributed by atoms with E-state index >= 15 is 0 Å². The molecule has 0 aliphatic carbocycles. The van der Waals surface area contributed by atoms with Gasteiger partial charge in [-0.25, -0.2) is 15.0 Å². The summed E-state index contributed by atoms with van der Waals surface area (Å²) >= 11 is 0. The third-order valence-electron chi connectivity index (χ3n) is 5.52. The lowest BCUT2D eigenvalue weighted by Gasteiger charge is -2.32. The number of pyridine rings is 1. The number of amides is 1. The first-order chi connectivity index (χ1) is 15.2. The van der Waals surface area contributed by atoms with Crippen LogP contribution in [0.15, 0.2) is 53.4 Å². The molecule has 1 aliphatic rings. The van der Waals surface area contributed by atoms with Gasteiger partial charge >= 0.3 is 0 Å². The highest BCUT2D eigenvalue weighted by Gasteiger charge is 2.24. The molecule has 4 aromatic rings. The number of likely N-dealkylation sites (tertiary alicyclic amines) is 1. The Bertz CT molecular complexity index is 1210. The van der Waals surface area contributed by atoms with Gasteiger partial charge in [-0.2, -0.15) is 0 Å². The van der Waals surface area contributed by atoms with Gasteiger partial charge in [-0.15, -0.1) is 0 Å². The van der Waals surface area contributed by atoms with Crippen molar-refractivity contribution < 1.29 is 9.32 Å². The second kappa shape index (κ2) is 8.17. The number of hydrogen-bond acceptors (Lipinski definition) is 7. The molecule has 9 heteroatoms. The summed E-state index contributed by atoms with van der Waals surface area (Å²) in [6, 6.07) is 9.80. The van der Waals surface area contributed by atoms with Crippen LogP contribution in [0.5, 0.6) is 0 Å². The molecule has 31 heavy (non-hydrogen) atoms. The number of nitrogens with zero attached hydrogens (tertiary/aromatic N) is 6. The van der Waals surface area contributed by atoms with Crippen molar-refractivity contribution in [3.8, 4) is 11.4 Å². The number of rotatable bonds is 5. The summed E-state index contributed by atoms with van der Waals surface area (Å²) < 4.78 is 7.17. The van der Waals surface area contributed by atoms with E-state index in [1.54, 1.807) is 12.3 Å². The van der Waals surface area contributed by atoms with Crippen molar-refractivity contribution >= 4 is 17.5 Å². The molecule has 0 atom stereocenters. The van der Waals surface area contributed by atoms with Gasteiger partial charge in [-0.3, -0.25) is 9.20 Å². The number of imidazole rings is 1. The first-order valence-corrected chi connectivity index (χ1v) is 10.4. The third kappa shape index (κ3) is 4.11. The predicted octanol–water partition coefficient (Wildman–Crippen LogP) is 2.73. The molecular formula is C22H23N7O2. The number of nitrogens with one attached hydrogen (secondary N) is 1. The van der Waals surface area contributed by atoms with Gasteiger partial charge in [-0.1, -0.05) is 11.2 Å². The van der Waals surface area contributed by atoms with E-state index in [1.165, 1.54) is 0 Å². The molecule has 0 unspecified atom stereocenters. The summed E-state index contributed by atoms with van der Waals surface area (Å²) in [5.74, 6) is 1.27. The minimum Gasteiger partial charge on any atom is -0.361 e. The molecule has 9 nitrogen and oxygen atoms in total. The number of aryl methyl sites for hydroxylation is 1. The SMILES string of the molecule is Cc1cc(CC(=O)N2CCC(Nc3nccc(-c4cnc5ccccn45)n3)CC2)on1. The number of aromatic nitrogens is 5. The molecule has 4 aromatic heterocycles. The number of fused-ring (bicyclic) bond motifs is 1. The lowest BCUT2D eigenvalue weighted by atomic mass is 10.0. The molecule has 0 radical (unpaired) electrons. The Morgan fingerprint density at radius 1 is 1.23 bits per heavy atom. The average molecular weight is 417 g/mol. The van der Waals surface area contributed by atoms with E-state index in [9.17, 15) is 4.79 Å². The smallest absolute Gasteiger partial charge is 0.230 e. The van der Waals surface area contributed by atoms with E-state index in [0.717, 1.165) is 35.6 Å². The Morgan fingerprint density at radius 3 is 2.90 bits per heavy atom. The maximum absolute atomic E-state index is 12.5. The minimum absolute atomic E-state index is 0.0699. The van der Waals surface area contributed by atoms with Crippen molar-refractivity contribution in [3.63, 3.8) is 0 Å². The van der Waals surface area contributed by atoms with Gasteiger partial charge in [0.1, 0.15) is 11.4 Å². The van der Waals surface area contributed by atoms with E-state index in [2.05, 4.69) is 25.4 Å². The second-order valence-corrected chi connectivity index (χ2v) is 7.75. The number of piperidine rings is 1. The zero-order valence-corrected chi connectivity index (χ0v) is 17.2. The fourth-order valence-electron chi connectivity index (χ4n) is 3.91. The average Bonchev–Trinajstić information content (AvgIpc) is 3.40. The van der Waals surface area contributed by atoms with Crippen molar-refractivity contribution in [2.24, 2.45) is 0 Å². The minimum atomic E-state index is 0.0699. The second-order valence-electron chi connectivity index (χ2n) is 7.75. The van der Waals surface area contributed by atoms with Gasteiger partial charge in [0.25, 0.3) is 0 Å². The van der Waals surface area contributed by atoms with Gasteiger partial charge in [0.2, 0.25) is 11.9 Å². The first-order valence-electron chi connectivity index (χ1n) is 10.4. The van der Waals surface area contributed by atoms with Crippen molar-refractivity contribution in [2.45, 2.75) is 32.2 Å². The van der Waals surface area contributed by atoms with E-state index in [4.69, 9.17) is 4.52 Å². The largest absolute Gasteiger partial charge is 0.361 e. The highest BCUT2D eigenvalue weighted by molar-refractivity contribution is 5.78. The van der Waals surface area contributed by atoms with Crippen LogP contribution in [-0.4, -0.2) is 54.4 Å². The highest BCUT2D eigenvalue weighted by Crippen LogP contribution is 2.21. The molecule has 0 saturated carbocycles. The quantitative estimate of drug-likeness (QED) is 0.533. The first kappa shape index (κ1) is 19.2. The van der Waals surface area contributed by atoms with E-state index in [-0.39, 0.29) is 18.4 Å². The summed E-state index contributed by atoms with van der Waals surface area (Å²) in [7, 11) is 0. The molecule has 5 heterocycles. The zero-order valence-electron chi connectivity index (χ0n) is 17.2. The molecule has 1 aliphatic heterocycles. The van der Waals surface area contributed by atoms with Crippen LogP contribution in [0, 0.1) is 6.92 Å². The summed E-state index contributed by atoms with van der Waals surface area (Å²) in [6.45, 7) is 3.23. The molecule has 1 N–H and O–H groups in total. The molecule has 0 bridgehead atoms. The van der Waals surface area contributed by atoms with E-state index < -0.39 is 0 Å². The lowest BCUT2D eigenvalue weighted by Crippen LogP contribution is -2.43. The predicted molar refractivity (Wildman–Crippen MR) is 114 cm³/mol. The fraction of sp³-hybridized carbons (Fsp3) is 0.318. The monoisotopic (exact) mass is 417 g/mol. The Labute approximate surface area is 179 Å². The Hall–Kier alpha value is -3.75. The van der Waals surface area contributed by atoms with Crippen LogP contribution in [0.4, 0.5) is 5.95 Å². The Kier molecular flexibility index (Phi) is 5.07. The fourth-order valence-corrected chi connectivity index (χ4v) is 3.91. The van der Waals surface area contributed by atoms with Gasteiger partial charge < -0.3 is 14.7 Å². The molecule has 1 fully saturated rings. The summed E-state index contributed by atoms with van der Waals surface area (Å²) in [5, 5.41) is 7.27. The van der Waals surface area contributed by atoms with Gasteiger partial charge in [0.15, 0.2) is 0 Å². The van der Waals surface area contributed by atoms with Gasteiger partial charge in [0, 0.05) is 37.6 Å². The van der Waals surface area contributed by atoms with E-state index in [1.807, 2.05) is 52.9 Å². The Morgan fingerprint density at radius 2 is 2.10 bits per heavy atom. The van der Waals surface area contributed by atoms with Crippen LogP contribution in [0.1, 0.15) is 24.3 Å². The summed E-state index contributed by atoms with van der Waals surface area (Å²) in [5.41, 5.74) is 3.40. The molecule has 1 amide bonds. The van der Waals surface area contributed by atoms with Gasteiger partial charge in [0.05, 0.1) is 29.7 Å².